The summed E-state index contributed by atoms with van der Waals surface area (Å²) in [5.41, 5.74) is 1.52. The number of hydrogen-bond acceptors (Lipinski definition) is 3. The molecule has 18 heavy (non-hydrogen) atoms. The normalized spacial score (nSPS) is 12.4. The van der Waals surface area contributed by atoms with Gasteiger partial charge in [0.25, 0.3) is 0 Å². The third-order valence-corrected chi connectivity index (χ3v) is 3.72. The molecular formula is C13H17NO3S. The minimum atomic E-state index is -3.12. The minimum Gasteiger partial charge on any atom is -0.507 e. The molecule has 0 saturated heterocycles. The molecule has 4 nitrogen and oxygen atoms in total. The second-order valence-corrected chi connectivity index (χ2v) is 7.04. The third-order valence-electron chi connectivity index (χ3n) is 2.89. The van der Waals surface area contributed by atoms with Gasteiger partial charge >= 0.3 is 0 Å². The fourth-order valence-electron chi connectivity index (χ4n) is 2.19. The van der Waals surface area contributed by atoms with E-state index in [1.807, 2.05) is 30.7 Å². The Morgan fingerprint density at radius 2 is 2.00 bits per heavy atom. The van der Waals surface area contributed by atoms with Crippen LogP contribution in [0.2, 0.25) is 0 Å². The maximum atomic E-state index is 11.4. The standard InChI is InChI=1S/C13H17NO3S/c1-9(2)14-7-10(8-18(3,16)17)13-11(14)5-4-6-12(13)15/h4-7,9,15H,8H2,1-3H3. The van der Waals surface area contributed by atoms with Crippen LogP contribution in [0.1, 0.15) is 25.5 Å². The Hall–Kier alpha value is -1.49. The highest BCUT2D eigenvalue weighted by Crippen LogP contribution is 2.32. The van der Waals surface area contributed by atoms with E-state index in [4.69, 9.17) is 0 Å². The van der Waals surface area contributed by atoms with Crippen molar-refractivity contribution in [2.24, 2.45) is 0 Å². The number of fused-ring (bicyclic) bond motifs is 1. The van der Waals surface area contributed by atoms with Crippen LogP contribution in [0.4, 0.5) is 0 Å². The second kappa shape index (κ2) is 4.31. The van der Waals surface area contributed by atoms with E-state index in [1.165, 1.54) is 6.26 Å². The van der Waals surface area contributed by atoms with Crippen molar-refractivity contribution in [1.29, 1.82) is 0 Å². The van der Waals surface area contributed by atoms with Crippen molar-refractivity contribution >= 4 is 20.7 Å². The van der Waals surface area contributed by atoms with E-state index in [2.05, 4.69) is 0 Å². The molecule has 1 N–H and O–H groups in total. The number of aromatic nitrogens is 1. The molecule has 98 valence electrons. The highest BCUT2D eigenvalue weighted by Gasteiger charge is 2.16. The van der Waals surface area contributed by atoms with Gasteiger partial charge in [-0.15, -0.1) is 0 Å². The zero-order valence-electron chi connectivity index (χ0n) is 10.7. The first-order chi connectivity index (χ1) is 8.29. The molecule has 0 amide bonds. The van der Waals surface area contributed by atoms with Gasteiger partial charge in [-0.1, -0.05) is 6.07 Å². The number of rotatable bonds is 3. The SMILES string of the molecule is CC(C)n1cc(CS(C)(=O)=O)c2c(O)cccc21. The number of sulfone groups is 1. The Labute approximate surface area is 107 Å². The van der Waals surface area contributed by atoms with Gasteiger partial charge in [0.15, 0.2) is 9.84 Å². The highest BCUT2D eigenvalue weighted by molar-refractivity contribution is 7.89. The van der Waals surface area contributed by atoms with Crippen molar-refractivity contribution in [3.05, 3.63) is 30.0 Å². The lowest BCUT2D eigenvalue weighted by atomic mass is 10.2. The van der Waals surface area contributed by atoms with E-state index < -0.39 is 9.84 Å². The van der Waals surface area contributed by atoms with Crippen molar-refractivity contribution in [2.45, 2.75) is 25.6 Å². The molecule has 1 aromatic heterocycles. The average Bonchev–Trinajstić information content (AvgIpc) is 2.56. The van der Waals surface area contributed by atoms with Gasteiger partial charge in [-0.25, -0.2) is 8.42 Å². The molecule has 0 aliphatic carbocycles. The van der Waals surface area contributed by atoms with Gasteiger partial charge in [-0.05, 0) is 31.5 Å². The average molecular weight is 267 g/mol. The largest absolute Gasteiger partial charge is 0.507 e. The first kappa shape index (κ1) is 13.0. The van der Waals surface area contributed by atoms with Crippen LogP contribution in [0.3, 0.4) is 0 Å². The molecule has 0 atom stereocenters. The summed E-state index contributed by atoms with van der Waals surface area (Å²) in [6, 6.07) is 5.45. The van der Waals surface area contributed by atoms with Gasteiger partial charge in [0.1, 0.15) is 5.75 Å². The summed E-state index contributed by atoms with van der Waals surface area (Å²) in [6.07, 6.45) is 3.02. The van der Waals surface area contributed by atoms with E-state index in [-0.39, 0.29) is 17.5 Å². The van der Waals surface area contributed by atoms with E-state index in [1.54, 1.807) is 12.1 Å². The lowest BCUT2D eigenvalue weighted by Gasteiger charge is -2.08. The fraction of sp³-hybridized carbons (Fsp3) is 0.385. The summed E-state index contributed by atoms with van der Waals surface area (Å²) in [5.74, 6) is 0.0754. The Bertz CT molecular complexity index is 684. The Morgan fingerprint density at radius 1 is 1.33 bits per heavy atom. The Balaban J connectivity index is 2.74. The minimum absolute atomic E-state index is 0.0548. The van der Waals surface area contributed by atoms with Crippen molar-refractivity contribution < 1.29 is 13.5 Å². The predicted octanol–water partition coefficient (Wildman–Crippen LogP) is 2.47. The first-order valence-electron chi connectivity index (χ1n) is 5.78. The monoisotopic (exact) mass is 267 g/mol. The van der Waals surface area contributed by atoms with E-state index in [9.17, 15) is 13.5 Å². The zero-order valence-corrected chi connectivity index (χ0v) is 11.5. The molecule has 1 aromatic carbocycles. The number of phenolic OH excluding ortho intramolecular Hbond substituents is 1. The van der Waals surface area contributed by atoms with Gasteiger partial charge in [0, 0.05) is 23.9 Å². The van der Waals surface area contributed by atoms with Crippen molar-refractivity contribution in [1.82, 2.24) is 4.57 Å². The van der Waals surface area contributed by atoms with Crippen molar-refractivity contribution in [3.63, 3.8) is 0 Å². The van der Waals surface area contributed by atoms with Crippen LogP contribution in [-0.2, 0) is 15.6 Å². The third kappa shape index (κ3) is 2.36. The number of hydrogen-bond donors (Lipinski definition) is 1. The van der Waals surface area contributed by atoms with Gasteiger partial charge < -0.3 is 9.67 Å². The van der Waals surface area contributed by atoms with Crippen LogP contribution in [-0.4, -0.2) is 24.3 Å². The van der Waals surface area contributed by atoms with Gasteiger partial charge in [0.2, 0.25) is 0 Å². The number of phenols is 1. The van der Waals surface area contributed by atoms with Crippen molar-refractivity contribution in [2.75, 3.05) is 6.26 Å². The van der Waals surface area contributed by atoms with E-state index in [0.29, 0.717) is 10.9 Å². The summed E-state index contributed by atoms with van der Waals surface area (Å²) >= 11 is 0. The maximum absolute atomic E-state index is 11.4. The summed E-state index contributed by atoms with van der Waals surface area (Å²) in [5, 5.41) is 10.6. The van der Waals surface area contributed by atoms with Crippen molar-refractivity contribution in [3.8, 4) is 5.75 Å². The first-order valence-corrected chi connectivity index (χ1v) is 7.85. The van der Waals surface area contributed by atoms with Crippen LogP contribution >= 0.6 is 0 Å². The van der Waals surface area contributed by atoms with Crippen LogP contribution in [0.15, 0.2) is 24.4 Å². The molecule has 1 heterocycles. The fourth-order valence-corrected chi connectivity index (χ4v) is 2.98. The lowest BCUT2D eigenvalue weighted by Crippen LogP contribution is -2.01. The smallest absolute Gasteiger partial charge is 0.151 e. The molecule has 0 radical (unpaired) electrons. The molecule has 0 saturated carbocycles. The van der Waals surface area contributed by atoms with Gasteiger partial charge in [-0.2, -0.15) is 0 Å². The summed E-state index contributed by atoms with van der Waals surface area (Å²) in [4.78, 5) is 0. The summed E-state index contributed by atoms with van der Waals surface area (Å²) < 4.78 is 24.9. The Morgan fingerprint density at radius 3 is 2.56 bits per heavy atom. The maximum Gasteiger partial charge on any atom is 0.151 e. The number of aromatic hydroxyl groups is 1. The molecule has 0 unspecified atom stereocenters. The van der Waals surface area contributed by atoms with Crippen LogP contribution in [0, 0.1) is 0 Å². The Kier molecular flexibility index (Phi) is 3.11. The van der Waals surface area contributed by atoms with E-state index >= 15 is 0 Å². The van der Waals surface area contributed by atoms with Crippen LogP contribution < -0.4 is 0 Å². The van der Waals surface area contributed by atoms with Crippen LogP contribution in [0.5, 0.6) is 5.75 Å². The summed E-state index contributed by atoms with van der Waals surface area (Å²) in [6.45, 7) is 4.04. The molecule has 0 spiro atoms. The highest BCUT2D eigenvalue weighted by atomic mass is 32.2. The van der Waals surface area contributed by atoms with Gasteiger partial charge in [-0.3, -0.25) is 0 Å². The predicted molar refractivity (Wildman–Crippen MR) is 72.5 cm³/mol. The molecule has 0 bridgehead atoms. The number of benzene rings is 1. The summed E-state index contributed by atoms with van der Waals surface area (Å²) in [7, 11) is -3.12. The molecule has 0 aliphatic heterocycles. The molecule has 2 rings (SSSR count). The van der Waals surface area contributed by atoms with Gasteiger partial charge in [0.05, 0.1) is 11.3 Å². The molecule has 0 aliphatic rings. The zero-order chi connectivity index (χ0) is 13.5. The van der Waals surface area contributed by atoms with E-state index in [0.717, 1.165) is 5.52 Å². The molecular weight excluding hydrogens is 250 g/mol. The molecule has 0 fully saturated rings. The molecule has 2 aromatic rings. The van der Waals surface area contributed by atoms with Crippen LogP contribution in [0.25, 0.3) is 10.9 Å². The molecule has 5 heteroatoms. The lowest BCUT2D eigenvalue weighted by molar-refractivity contribution is 0.481. The number of nitrogens with zero attached hydrogens (tertiary/aromatic N) is 1. The second-order valence-electron chi connectivity index (χ2n) is 4.90. The topological polar surface area (TPSA) is 59.3 Å². The quantitative estimate of drug-likeness (QED) is 0.929.